The van der Waals surface area contributed by atoms with Crippen LogP contribution in [0.2, 0.25) is 0 Å². The van der Waals surface area contributed by atoms with E-state index in [-0.39, 0.29) is 36.0 Å². The van der Waals surface area contributed by atoms with Crippen LogP contribution >= 0.6 is 24.0 Å². The quantitative estimate of drug-likeness (QED) is 0.420. The van der Waals surface area contributed by atoms with E-state index in [0.717, 1.165) is 19.5 Å². The first-order chi connectivity index (χ1) is 9.16. The van der Waals surface area contributed by atoms with Gasteiger partial charge in [-0.2, -0.15) is 0 Å². The molecular weight excluding hydrogens is 371 g/mol. The third-order valence-corrected chi connectivity index (χ3v) is 3.81. The largest absolute Gasteiger partial charge is 0.370 e. The van der Waals surface area contributed by atoms with Gasteiger partial charge in [0.05, 0.1) is 12.6 Å². The van der Waals surface area contributed by atoms with Crippen molar-refractivity contribution < 1.29 is 9.53 Å². The summed E-state index contributed by atoms with van der Waals surface area (Å²) < 4.78 is 5.53. The molecule has 6 nitrogen and oxygen atoms in total. The Morgan fingerprint density at radius 1 is 1.15 bits per heavy atom. The fraction of sp³-hybridized carbons (Fsp3) is 0.846. The van der Waals surface area contributed by atoms with Gasteiger partial charge in [-0.05, 0) is 25.7 Å². The van der Waals surface area contributed by atoms with E-state index in [9.17, 15) is 4.79 Å². The Labute approximate surface area is 137 Å². The average molecular weight is 396 g/mol. The molecule has 0 spiro atoms. The van der Waals surface area contributed by atoms with E-state index in [0.29, 0.717) is 18.9 Å². The van der Waals surface area contributed by atoms with Crippen molar-refractivity contribution in [2.45, 2.75) is 50.7 Å². The zero-order valence-corrected chi connectivity index (χ0v) is 14.1. The third kappa shape index (κ3) is 5.08. The van der Waals surface area contributed by atoms with Gasteiger partial charge in [0.15, 0.2) is 5.96 Å². The zero-order chi connectivity index (χ0) is 13.7. The molecule has 1 amide bonds. The minimum Gasteiger partial charge on any atom is -0.370 e. The van der Waals surface area contributed by atoms with Gasteiger partial charge in [-0.15, -0.1) is 24.0 Å². The topological polar surface area (TPSA) is 93.9 Å². The Hall–Kier alpha value is -0.570. The second-order valence-corrected chi connectivity index (χ2v) is 5.33. The van der Waals surface area contributed by atoms with Crippen LogP contribution in [0.3, 0.4) is 0 Å². The van der Waals surface area contributed by atoms with Gasteiger partial charge >= 0.3 is 0 Å². The molecule has 0 aromatic heterocycles. The van der Waals surface area contributed by atoms with Crippen molar-refractivity contribution in [3.63, 3.8) is 0 Å². The second kappa shape index (κ2) is 8.66. The SMILES string of the molecule is I.NC(=O)C1CCC(CN=C(N)N2CCCCCC2)O1. The van der Waals surface area contributed by atoms with E-state index < -0.39 is 6.10 Å². The Balaban J connectivity index is 0.00000200. The molecule has 7 heteroatoms. The maximum absolute atomic E-state index is 11.0. The standard InChI is InChI=1S/C13H24N4O2.HI/c14-12(18)11-6-5-10(19-11)9-16-13(15)17-7-3-1-2-4-8-17;/h10-11H,1-9H2,(H2,14,18)(H2,15,16);1H. The highest BCUT2D eigenvalue weighted by atomic mass is 127. The van der Waals surface area contributed by atoms with E-state index in [1.54, 1.807) is 0 Å². The van der Waals surface area contributed by atoms with Crippen molar-refractivity contribution in [3.8, 4) is 0 Å². The van der Waals surface area contributed by atoms with Gasteiger partial charge in [0, 0.05) is 13.1 Å². The van der Waals surface area contributed by atoms with Crippen LogP contribution in [0.25, 0.3) is 0 Å². The van der Waals surface area contributed by atoms with Crippen LogP contribution < -0.4 is 11.5 Å². The van der Waals surface area contributed by atoms with Crippen molar-refractivity contribution in [2.24, 2.45) is 16.5 Å². The monoisotopic (exact) mass is 396 g/mol. The number of guanidine groups is 1. The number of amides is 1. The zero-order valence-electron chi connectivity index (χ0n) is 11.8. The predicted molar refractivity (Wildman–Crippen MR) is 89.0 cm³/mol. The van der Waals surface area contributed by atoms with Gasteiger partial charge in [0.2, 0.25) is 5.91 Å². The number of hydrogen-bond donors (Lipinski definition) is 2. The molecule has 2 atom stereocenters. The Bertz CT molecular complexity index is 343. The second-order valence-electron chi connectivity index (χ2n) is 5.33. The summed E-state index contributed by atoms with van der Waals surface area (Å²) in [6.45, 7) is 2.50. The lowest BCUT2D eigenvalue weighted by Gasteiger charge is -2.21. The maximum Gasteiger partial charge on any atom is 0.246 e. The van der Waals surface area contributed by atoms with Gasteiger partial charge < -0.3 is 21.1 Å². The molecule has 0 aliphatic carbocycles. The molecular formula is C13H25IN4O2. The van der Waals surface area contributed by atoms with Crippen LogP contribution in [0.4, 0.5) is 0 Å². The van der Waals surface area contributed by atoms with Gasteiger partial charge in [0.25, 0.3) is 0 Å². The van der Waals surface area contributed by atoms with Crippen LogP contribution in [-0.2, 0) is 9.53 Å². The first kappa shape index (κ1) is 17.5. The number of ether oxygens (including phenoxy) is 1. The summed E-state index contributed by atoms with van der Waals surface area (Å²) in [7, 11) is 0. The molecule has 2 saturated heterocycles. The minimum atomic E-state index is -0.445. The Morgan fingerprint density at radius 2 is 1.80 bits per heavy atom. The number of nitrogens with two attached hydrogens (primary N) is 2. The fourth-order valence-corrected chi connectivity index (χ4v) is 2.64. The highest BCUT2D eigenvalue weighted by Gasteiger charge is 2.28. The van der Waals surface area contributed by atoms with Gasteiger partial charge in [-0.25, -0.2) is 0 Å². The number of rotatable bonds is 3. The summed E-state index contributed by atoms with van der Waals surface area (Å²) in [6, 6.07) is 0. The lowest BCUT2D eigenvalue weighted by Crippen LogP contribution is -2.38. The number of carbonyl (C=O) groups is 1. The van der Waals surface area contributed by atoms with Crippen molar-refractivity contribution >= 4 is 35.8 Å². The number of hydrogen-bond acceptors (Lipinski definition) is 3. The molecule has 0 radical (unpaired) electrons. The number of halogens is 1. The van der Waals surface area contributed by atoms with Crippen molar-refractivity contribution in [3.05, 3.63) is 0 Å². The predicted octanol–water partition coefficient (Wildman–Crippen LogP) is 0.828. The molecule has 2 fully saturated rings. The Morgan fingerprint density at radius 3 is 2.35 bits per heavy atom. The minimum absolute atomic E-state index is 0. The van der Waals surface area contributed by atoms with E-state index in [2.05, 4.69) is 9.89 Å². The fourth-order valence-electron chi connectivity index (χ4n) is 2.64. The summed E-state index contributed by atoms with van der Waals surface area (Å²) >= 11 is 0. The van der Waals surface area contributed by atoms with E-state index in [1.165, 1.54) is 25.7 Å². The molecule has 2 heterocycles. The molecule has 4 N–H and O–H groups in total. The lowest BCUT2D eigenvalue weighted by molar-refractivity contribution is -0.128. The highest BCUT2D eigenvalue weighted by molar-refractivity contribution is 14.0. The van der Waals surface area contributed by atoms with Crippen LogP contribution in [-0.4, -0.2) is 48.6 Å². The molecule has 2 aliphatic rings. The van der Waals surface area contributed by atoms with Gasteiger partial charge in [-0.1, -0.05) is 12.8 Å². The van der Waals surface area contributed by atoms with Crippen LogP contribution in [0.1, 0.15) is 38.5 Å². The normalized spacial score (nSPS) is 27.8. The molecule has 2 aliphatic heterocycles. The van der Waals surface area contributed by atoms with Gasteiger partial charge in [-0.3, -0.25) is 9.79 Å². The van der Waals surface area contributed by atoms with Crippen molar-refractivity contribution in [2.75, 3.05) is 19.6 Å². The van der Waals surface area contributed by atoms with E-state index >= 15 is 0 Å². The molecule has 116 valence electrons. The summed E-state index contributed by atoms with van der Waals surface area (Å²) in [5, 5.41) is 0. The summed E-state index contributed by atoms with van der Waals surface area (Å²) in [4.78, 5) is 17.6. The number of likely N-dealkylation sites (tertiary alicyclic amines) is 1. The Kier molecular flexibility index (Phi) is 7.57. The average Bonchev–Trinajstić information content (AvgIpc) is 2.70. The molecule has 0 aromatic carbocycles. The van der Waals surface area contributed by atoms with E-state index in [4.69, 9.17) is 16.2 Å². The smallest absolute Gasteiger partial charge is 0.246 e. The first-order valence-corrected chi connectivity index (χ1v) is 7.16. The molecule has 0 saturated carbocycles. The molecule has 0 aromatic rings. The van der Waals surface area contributed by atoms with Crippen LogP contribution in [0, 0.1) is 0 Å². The maximum atomic E-state index is 11.0. The summed E-state index contributed by atoms with van der Waals surface area (Å²) in [6.07, 6.45) is 5.96. The van der Waals surface area contributed by atoms with Crippen LogP contribution in [0.15, 0.2) is 4.99 Å². The number of primary amides is 1. The number of nitrogens with zero attached hydrogens (tertiary/aromatic N) is 2. The third-order valence-electron chi connectivity index (χ3n) is 3.81. The molecule has 20 heavy (non-hydrogen) atoms. The lowest BCUT2D eigenvalue weighted by atomic mass is 10.2. The summed E-state index contributed by atoms with van der Waals surface area (Å²) in [5.74, 6) is 0.222. The number of carbonyl (C=O) groups excluding carboxylic acids is 1. The molecule has 0 bridgehead atoms. The van der Waals surface area contributed by atoms with E-state index in [1.807, 2.05) is 0 Å². The van der Waals surface area contributed by atoms with Crippen LogP contribution in [0.5, 0.6) is 0 Å². The summed E-state index contributed by atoms with van der Waals surface area (Å²) in [5.41, 5.74) is 11.2. The first-order valence-electron chi connectivity index (χ1n) is 7.16. The molecule has 2 rings (SSSR count). The van der Waals surface area contributed by atoms with Gasteiger partial charge in [0.1, 0.15) is 6.10 Å². The highest BCUT2D eigenvalue weighted by Crippen LogP contribution is 2.19. The van der Waals surface area contributed by atoms with Crippen molar-refractivity contribution in [1.29, 1.82) is 0 Å². The molecule has 2 unspecified atom stereocenters. The number of aliphatic imine (C=N–C) groups is 1. The van der Waals surface area contributed by atoms with Crippen molar-refractivity contribution in [1.82, 2.24) is 4.90 Å².